The summed E-state index contributed by atoms with van der Waals surface area (Å²) in [5, 5.41) is 21.9. The van der Waals surface area contributed by atoms with Crippen LogP contribution in [0.25, 0.3) is 0 Å². The van der Waals surface area contributed by atoms with Crippen molar-refractivity contribution in [3.05, 3.63) is 35.9 Å². The smallest absolute Gasteiger partial charge is 0.407 e. The second kappa shape index (κ2) is 28.8. The lowest BCUT2D eigenvalue weighted by molar-refractivity contribution is -0.131. The molecule has 56 heavy (non-hydrogen) atoms. The Hall–Kier alpha value is -3.54. The predicted molar refractivity (Wildman–Crippen MR) is 211 cm³/mol. The highest BCUT2D eigenvalue weighted by atomic mass is 16.6. The van der Waals surface area contributed by atoms with Crippen LogP contribution in [-0.2, 0) is 44.4 Å². The molecule has 1 fully saturated rings. The van der Waals surface area contributed by atoms with Crippen molar-refractivity contribution in [1.29, 1.82) is 0 Å². The third-order valence-electron chi connectivity index (χ3n) is 9.34. The molecular formula is C40H69N5O11. The Kier molecular flexibility index (Phi) is 25.0. The number of benzene rings is 1. The van der Waals surface area contributed by atoms with Crippen molar-refractivity contribution < 1.29 is 52.7 Å². The number of aliphatic hydroxyl groups is 1. The fourth-order valence-corrected chi connectivity index (χ4v) is 6.25. The van der Waals surface area contributed by atoms with E-state index in [-0.39, 0.29) is 57.1 Å². The highest BCUT2D eigenvalue weighted by molar-refractivity contribution is 5.86. The Morgan fingerprint density at radius 3 is 1.82 bits per heavy atom. The van der Waals surface area contributed by atoms with Gasteiger partial charge in [0, 0.05) is 26.8 Å². The van der Waals surface area contributed by atoms with Gasteiger partial charge in [0.1, 0.15) is 25.3 Å². The lowest BCUT2D eigenvalue weighted by atomic mass is 9.89. The molecule has 1 aliphatic carbocycles. The molecule has 1 aromatic carbocycles. The van der Waals surface area contributed by atoms with Crippen LogP contribution in [0.5, 0.6) is 0 Å². The Balaban J connectivity index is 2.17. The van der Waals surface area contributed by atoms with Gasteiger partial charge in [-0.25, -0.2) is 14.6 Å². The lowest BCUT2D eigenvalue weighted by Gasteiger charge is -2.35. The van der Waals surface area contributed by atoms with E-state index >= 15 is 0 Å². The fourth-order valence-electron chi connectivity index (χ4n) is 6.25. The highest BCUT2D eigenvalue weighted by Gasteiger charge is 2.33. The number of hydrazine groups is 1. The number of methoxy groups -OCH3 is 1. The van der Waals surface area contributed by atoms with Crippen molar-refractivity contribution >= 4 is 24.0 Å². The van der Waals surface area contributed by atoms with Gasteiger partial charge in [-0.3, -0.25) is 15.0 Å². The summed E-state index contributed by atoms with van der Waals surface area (Å²) in [6.07, 6.45) is 2.88. The van der Waals surface area contributed by atoms with E-state index in [4.69, 9.17) is 28.4 Å². The molecular weight excluding hydrogens is 726 g/mol. The van der Waals surface area contributed by atoms with E-state index in [2.05, 4.69) is 21.4 Å². The molecule has 1 saturated carbocycles. The number of hydrogen-bond acceptors (Lipinski definition) is 12. The molecule has 320 valence electrons. The van der Waals surface area contributed by atoms with E-state index in [0.29, 0.717) is 39.6 Å². The minimum absolute atomic E-state index is 0.000925. The van der Waals surface area contributed by atoms with Gasteiger partial charge in [0.2, 0.25) is 5.91 Å². The third kappa shape index (κ3) is 20.6. The minimum Gasteiger partial charge on any atom is -0.447 e. The molecule has 1 aromatic rings. The lowest BCUT2D eigenvalue weighted by Crippen LogP contribution is -2.60. The summed E-state index contributed by atoms with van der Waals surface area (Å²) in [5.41, 5.74) is 3.85. The molecule has 0 unspecified atom stereocenters. The number of alkyl carbamates (subject to hydrolysis) is 2. The van der Waals surface area contributed by atoms with Crippen LogP contribution in [-0.4, -0.2) is 138 Å². The summed E-state index contributed by atoms with van der Waals surface area (Å²) in [7, 11) is 1.57. The Bertz CT molecular complexity index is 1240. The van der Waals surface area contributed by atoms with Gasteiger partial charge >= 0.3 is 12.2 Å². The Morgan fingerprint density at radius 2 is 1.27 bits per heavy atom. The van der Waals surface area contributed by atoms with Gasteiger partial charge in [-0.05, 0) is 49.5 Å². The van der Waals surface area contributed by atoms with Crippen LogP contribution in [0.1, 0.15) is 72.3 Å². The van der Waals surface area contributed by atoms with Gasteiger partial charge < -0.3 is 49.5 Å². The van der Waals surface area contributed by atoms with Gasteiger partial charge in [0.25, 0.3) is 5.91 Å². The maximum absolute atomic E-state index is 13.8. The summed E-state index contributed by atoms with van der Waals surface area (Å²) in [6, 6.07) is 6.77. The zero-order valence-corrected chi connectivity index (χ0v) is 34.4. The number of nitrogens with one attached hydrogen (secondary N) is 4. The first-order valence-corrected chi connectivity index (χ1v) is 20.1. The van der Waals surface area contributed by atoms with E-state index in [0.717, 1.165) is 37.7 Å². The van der Waals surface area contributed by atoms with Gasteiger partial charge in [0.15, 0.2) is 0 Å². The molecule has 4 amide bonds. The molecule has 0 bridgehead atoms. The van der Waals surface area contributed by atoms with E-state index < -0.39 is 48.2 Å². The van der Waals surface area contributed by atoms with Crippen LogP contribution < -0.4 is 21.4 Å². The molecule has 0 aliphatic heterocycles. The molecule has 0 saturated heterocycles. The number of ether oxygens (including phenoxy) is 6. The third-order valence-corrected chi connectivity index (χ3v) is 9.34. The van der Waals surface area contributed by atoms with Gasteiger partial charge in [-0.1, -0.05) is 77.3 Å². The average Bonchev–Trinajstić information content (AvgIpc) is 3.17. The Morgan fingerprint density at radius 1 is 0.732 bits per heavy atom. The van der Waals surface area contributed by atoms with E-state index in [1.807, 2.05) is 51.1 Å². The van der Waals surface area contributed by atoms with E-state index in [9.17, 15) is 24.3 Å². The average molecular weight is 796 g/mol. The first kappa shape index (κ1) is 48.6. The first-order valence-electron chi connectivity index (χ1n) is 20.1. The number of nitrogens with zero attached hydrogens (tertiary/aromatic N) is 1. The normalized spacial score (nSPS) is 15.5. The molecule has 0 aromatic heterocycles. The summed E-state index contributed by atoms with van der Waals surface area (Å²) >= 11 is 0. The van der Waals surface area contributed by atoms with Crippen LogP contribution in [0.15, 0.2) is 30.3 Å². The van der Waals surface area contributed by atoms with Crippen molar-refractivity contribution in [2.24, 2.45) is 17.8 Å². The predicted octanol–water partition coefficient (Wildman–Crippen LogP) is 3.21. The molecule has 0 radical (unpaired) electrons. The van der Waals surface area contributed by atoms with Crippen molar-refractivity contribution in [3.8, 4) is 0 Å². The van der Waals surface area contributed by atoms with Gasteiger partial charge in [-0.15, -0.1) is 0 Å². The second-order valence-electron chi connectivity index (χ2n) is 14.7. The number of aliphatic hydroxyl groups excluding tert-OH is 1. The zero-order chi connectivity index (χ0) is 41.1. The molecule has 4 atom stereocenters. The maximum Gasteiger partial charge on any atom is 0.407 e. The molecule has 16 heteroatoms. The van der Waals surface area contributed by atoms with Crippen molar-refractivity contribution in [3.63, 3.8) is 0 Å². The summed E-state index contributed by atoms with van der Waals surface area (Å²) in [5.74, 6) is -1.26. The van der Waals surface area contributed by atoms with Gasteiger partial charge in [-0.2, -0.15) is 0 Å². The number of carbonyl (C=O) groups excluding carboxylic acids is 4. The molecule has 16 nitrogen and oxygen atoms in total. The molecule has 0 heterocycles. The monoisotopic (exact) mass is 795 g/mol. The van der Waals surface area contributed by atoms with Gasteiger partial charge in [0.05, 0.1) is 51.8 Å². The molecule has 5 N–H and O–H groups in total. The fraction of sp³-hybridized carbons (Fsp3) is 0.750. The summed E-state index contributed by atoms with van der Waals surface area (Å²) in [6.45, 7) is 12.2. The number of amides is 4. The Labute approximate surface area is 333 Å². The summed E-state index contributed by atoms with van der Waals surface area (Å²) < 4.78 is 31.4. The SMILES string of the molecule is CCOCCOCCOC(=O)N[C@H](C(=O)N[C@@H](Cc1ccccc1)[C@@H](O)CN(CC1CCCCC1)NC(=O)[C@@H](NC(=O)OCCOCCOC)C(C)C)C(C)C. The maximum atomic E-state index is 13.8. The van der Waals surface area contributed by atoms with Crippen LogP contribution >= 0.6 is 0 Å². The number of hydrogen-bond donors (Lipinski definition) is 5. The minimum atomic E-state index is -1.15. The van der Waals surface area contributed by atoms with Crippen molar-refractivity contribution in [2.45, 2.75) is 97.4 Å². The van der Waals surface area contributed by atoms with Crippen molar-refractivity contribution in [2.75, 3.05) is 79.7 Å². The van der Waals surface area contributed by atoms with Crippen LogP contribution in [0.2, 0.25) is 0 Å². The standard InChI is InChI=1S/C40H69N5O11/c1-7-52-20-21-54-23-25-55-39(49)42-35(29(2)3)37(47)41-33(26-31-14-10-8-11-15-31)34(46)28-45(27-32-16-12-9-13-17-32)44-38(48)36(30(4)5)43-40(50)56-24-22-53-19-18-51-6/h8,10-11,14-15,29-30,32-36,46H,7,9,12-13,16-28H2,1-6H3,(H,41,47)(H,42,49)(H,43,50)(H,44,48)/t33-,34-,35-,36-/m0/s1. The summed E-state index contributed by atoms with van der Waals surface area (Å²) in [4.78, 5) is 52.9. The van der Waals surface area contributed by atoms with Crippen molar-refractivity contribution in [1.82, 2.24) is 26.4 Å². The second-order valence-corrected chi connectivity index (χ2v) is 14.7. The highest BCUT2D eigenvalue weighted by Crippen LogP contribution is 2.24. The quantitative estimate of drug-likeness (QED) is 0.0615. The van der Waals surface area contributed by atoms with E-state index in [1.54, 1.807) is 26.0 Å². The van der Waals surface area contributed by atoms with E-state index in [1.165, 1.54) is 0 Å². The van der Waals surface area contributed by atoms with Crippen LogP contribution in [0.4, 0.5) is 9.59 Å². The van der Waals surface area contributed by atoms with Crippen LogP contribution in [0.3, 0.4) is 0 Å². The first-order chi connectivity index (χ1) is 26.9. The zero-order valence-electron chi connectivity index (χ0n) is 34.4. The largest absolute Gasteiger partial charge is 0.447 e. The topological polar surface area (TPSA) is 195 Å². The number of carbonyl (C=O) groups is 4. The number of rotatable bonds is 28. The molecule has 0 spiro atoms. The van der Waals surface area contributed by atoms with Crippen LogP contribution in [0, 0.1) is 17.8 Å². The molecule has 1 aliphatic rings. The molecule has 2 rings (SSSR count).